The predicted molar refractivity (Wildman–Crippen MR) is 68.6 cm³/mol. The zero-order chi connectivity index (χ0) is 13.1. The first-order valence-corrected chi connectivity index (χ1v) is 5.34. The van der Waals surface area contributed by atoms with E-state index in [0.29, 0.717) is 22.8 Å². The van der Waals surface area contributed by atoms with Gasteiger partial charge in [-0.05, 0) is 24.3 Å². The van der Waals surface area contributed by atoms with Crippen molar-refractivity contribution in [3.05, 3.63) is 36.2 Å². The molecule has 3 N–H and O–H groups in total. The Hall–Kier alpha value is -2.50. The van der Waals surface area contributed by atoms with Crippen molar-refractivity contribution in [2.24, 2.45) is 7.05 Å². The summed E-state index contributed by atoms with van der Waals surface area (Å²) in [4.78, 5) is 11.9. The molecule has 94 valence electrons. The summed E-state index contributed by atoms with van der Waals surface area (Å²) < 4.78 is 6.71. The molecular weight excluding hydrogens is 232 g/mol. The number of aromatic nitrogens is 2. The van der Waals surface area contributed by atoms with E-state index in [4.69, 9.17) is 10.5 Å². The lowest BCUT2D eigenvalue weighted by Crippen LogP contribution is -2.14. The molecule has 0 aliphatic carbocycles. The minimum Gasteiger partial charge on any atom is -0.495 e. The van der Waals surface area contributed by atoms with Gasteiger partial charge in [-0.15, -0.1) is 0 Å². The third-order valence-corrected chi connectivity index (χ3v) is 2.42. The van der Waals surface area contributed by atoms with Gasteiger partial charge in [-0.1, -0.05) is 0 Å². The van der Waals surface area contributed by atoms with E-state index in [9.17, 15) is 4.79 Å². The van der Waals surface area contributed by atoms with E-state index in [-0.39, 0.29) is 5.91 Å². The number of nitrogens with one attached hydrogen (secondary N) is 1. The summed E-state index contributed by atoms with van der Waals surface area (Å²) in [6, 6.07) is 6.67. The molecule has 6 heteroatoms. The molecule has 2 aromatic rings. The fourth-order valence-corrected chi connectivity index (χ4v) is 1.55. The molecule has 1 amide bonds. The van der Waals surface area contributed by atoms with Gasteiger partial charge in [0.05, 0.1) is 12.8 Å². The number of methoxy groups -OCH3 is 1. The summed E-state index contributed by atoms with van der Waals surface area (Å²) in [7, 11) is 3.28. The van der Waals surface area contributed by atoms with E-state index >= 15 is 0 Å². The van der Waals surface area contributed by atoms with E-state index < -0.39 is 0 Å². The van der Waals surface area contributed by atoms with Crippen molar-refractivity contribution in [1.82, 2.24) is 9.78 Å². The van der Waals surface area contributed by atoms with Gasteiger partial charge >= 0.3 is 0 Å². The highest BCUT2D eigenvalue weighted by Crippen LogP contribution is 2.26. The lowest BCUT2D eigenvalue weighted by molar-refractivity contribution is 0.102. The number of aryl methyl sites for hydroxylation is 1. The lowest BCUT2D eigenvalue weighted by atomic mass is 10.2. The standard InChI is InChI=1S/C12H14N4O2/c1-16-6-5-9(15-16)12(17)14-10-7-8(13)3-4-11(10)18-2/h3-7H,13H2,1-2H3,(H,14,17). The number of ether oxygens (including phenoxy) is 1. The van der Waals surface area contributed by atoms with Crippen LogP contribution in [0.5, 0.6) is 5.75 Å². The highest BCUT2D eigenvalue weighted by molar-refractivity contribution is 6.03. The second kappa shape index (κ2) is 4.79. The molecule has 0 radical (unpaired) electrons. The van der Waals surface area contributed by atoms with Crippen LogP contribution in [0.1, 0.15) is 10.5 Å². The van der Waals surface area contributed by atoms with Crippen molar-refractivity contribution in [2.45, 2.75) is 0 Å². The van der Waals surface area contributed by atoms with Gasteiger partial charge < -0.3 is 15.8 Å². The molecule has 2 rings (SSSR count). The van der Waals surface area contributed by atoms with Crippen molar-refractivity contribution >= 4 is 17.3 Å². The van der Waals surface area contributed by atoms with E-state index in [0.717, 1.165) is 0 Å². The fourth-order valence-electron chi connectivity index (χ4n) is 1.55. The van der Waals surface area contributed by atoms with Crippen LogP contribution in [0.3, 0.4) is 0 Å². The molecule has 0 aliphatic rings. The number of amides is 1. The summed E-state index contributed by atoms with van der Waals surface area (Å²) in [5.41, 5.74) is 7.08. The molecule has 0 atom stereocenters. The topological polar surface area (TPSA) is 82.2 Å². The van der Waals surface area contributed by atoms with Gasteiger partial charge in [0, 0.05) is 18.9 Å². The Morgan fingerprint density at radius 3 is 2.83 bits per heavy atom. The molecule has 0 spiro atoms. The number of nitrogens with two attached hydrogens (primary N) is 1. The molecule has 1 aromatic carbocycles. The quantitative estimate of drug-likeness (QED) is 0.799. The van der Waals surface area contributed by atoms with E-state index in [1.807, 2.05) is 0 Å². The maximum Gasteiger partial charge on any atom is 0.276 e. The highest BCUT2D eigenvalue weighted by atomic mass is 16.5. The van der Waals surface area contributed by atoms with Crippen molar-refractivity contribution in [3.8, 4) is 5.75 Å². The van der Waals surface area contributed by atoms with Crippen LogP contribution < -0.4 is 15.8 Å². The highest BCUT2D eigenvalue weighted by Gasteiger charge is 2.12. The molecule has 0 unspecified atom stereocenters. The fraction of sp³-hybridized carbons (Fsp3) is 0.167. The van der Waals surface area contributed by atoms with Crippen LogP contribution in [0.15, 0.2) is 30.5 Å². The first-order chi connectivity index (χ1) is 8.60. The number of hydrogen-bond acceptors (Lipinski definition) is 4. The lowest BCUT2D eigenvalue weighted by Gasteiger charge is -2.09. The molecule has 6 nitrogen and oxygen atoms in total. The Bertz CT molecular complexity index is 577. The van der Waals surface area contributed by atoms with Crippen LogP contribution in [-0.2, 0) is 7.05 Å². The molecule has 1 heterocycles. The number of carbonyl (C=O) groups excluding carboxylic acids is 1. The minimum atomic E-state index is -0.306. The Balaban J connectivity index is 2.23. The van der Waals surface area contributed by atoms with Crippen LogP contribution >= 0.6 is 0 Å². The van der Waals surface area contributed by atoms with Gasteiger partial charge in [0.15, 0.2) is 5.69 Å². The normalized spacial score (nSPS) is 10.1. The zero-order valence-corrected chi connectivity index (χ0v) is 10.2. The van der Waals surface area contributed by atoms with Gasteiger partial charge in [-0.2, -0.15) is 5.10 Å². The van der Waals surface area contributed by atoms with Gasteiger partial charge in [-0.3, -0.25) is 9.48 Å². The van der Waals surface area contributed by atoms with Gasteiger partial charge in [0.25, 0.3) is 5.91 Å². The number of benzene rings is 1. The van der Waals surface area contributed by atoms with E-state index in [1.54, 1.807) is 42.2 Å². The number of carbonyl (C=O) groups is 1. The van der Waals surface area contributed by atoms with E-state index in [2.05, 4.69) is 10.4 Å². The minimum absolute atomic E-state index is 0.306. The molecule has 1 aromatic heterocycles. The van der Waals surface area contributed by atoms with Crippen LogP contribution in [0.4, 0.5) is 11.4 Å². The average molecular weight is 246 g/mol. The number of anilines is 2. The summed E-state index contributed by atoms with van der Waals surface area (Å²) in [6.45, 7) is 0. The molecule has 0 fully saturated rings. The first-order valence-electron chi connectivity index (χ1n) is 5.34. The summed E-state index contributed by atoms with van der Waals surface area (Å²) in [6.07, 6.45) is 1.70. The van der Waals surface area contributed by atoms with Crippen LogP contribution in [-0.4, -0.2) is 22.8 Å². The van der Waals surface area contributed by atoms with Gasteiger partial charge in [-0.25, -0.2) is 0 Å². The maximum atomic E-state index is 11.9. The van der Waals surface area contributed by atoms with Gasteiger partial charge in [0.2, 0.25) is 0 Å². The van der Waals surface area contributed by atoms with Crippen molar-refractivity contribution in [3.63, 3.8) is 0 Å². The maximum absolute atomic E-state index is 11.9. The number of nitrogen functional groups attached to an aromatic ring is 1. The summed E-state index contributed by atoms with van der Waals surface area (Å²) in [5.74, 6) is 0.244. The monoisotopic (exact) mass is 246 g/mol. The summed E-state index contributed by atoms with van der Waals surface area (Å²) >= 11 is 0. The third kappa shape index (κ3) is 2.42. The third-order valence-electron chi connectivity index (χ3n) is 2.42. The van der Waals surface area contributed by atoms with Crippen molar-refractivity contribution in [2.75, 3.05) is 18.2 Å². The second-order valence-corrected chi connectivity index (χ2v) is 3.79. The second-order valence-electron chi connectivity index (χ2n) is 3.79. The smallest absolute Gasteiger partial charge is 0.276 e. The molecule has 0 saturated heterocycles. The Morgan fingerprint density at radius 1 is 1.44 bits per heavy atom. The Labute approximate surface area is 104 Å². The molecular formula is C12H14N4O2. The van der Waals surface area contributed by atoms with Crippen molar-refractivity contribution < 1.29 is 9.53 Å². The van der Waals surface area contributed by atoms with Crippen molar-refractivity contribution in [1.29, 1.82) is 0 Å². The molecule has 0 aliphatic heterocycles. The van der Waals surface area contributed by atoms with Gasteiger partial charge in [0.1, 0.15) is 5.75 Å². The molecule has 18 heavy (non-hydrogen) atoms. The zero-order valence-electron chi connectivity index (χ0n) is 10.2. The van der Waals surface area contributed by atoms with Crippen LogP contribution in [0, 0.1) is 0 Å². The number of hydrogen-bond donors (Lipinski definition) is 2. The van der Waals surface area contributed by atoms with Crippen LogP contribution in [0.25, 0.3) is 0 Å². The summed E-state index contributed by atoms with van der Waals surface area (Å²) in [5, 5.41) is 6.73. The first kappa shape index (κ1) is 12.0. The average Bonchev–Trinajstić information content (AvgIpc) is 2.76. The number of nitrogens with zero attached hydrogens (tertiary/aromatic N) is 2. The van der Waals surface area contributed by atoms with E-state index in [1.165, 1.54) is 7.11 Å². The molecule has 0 saturated carbocycles. The molecule has 0 bridgehead atoms. The number of rotatable bonds is 3. The Morgan fingerprint density at radius 2 is 2.22 bits per heavy atom. The largest absolute Gasteiger partial charge is 0.495 e. The SMILES string of the molecule is COc1ccc(N)cc1NC(=O)c1ccn(C)n1. The Kier molecular flexibility index (Phi) is 3.18. The van der Waals surface area contributed by atoms with Crippen LogP contribution in [0.2, 0.25) is 0 Å². The predicted octanol–water partition coefficient (Wildman–Crippen LogP) is 1.26.